The minimum absolute atomic E-state index is 0.181. The summed E-state index contributed by atoms with van der Waals surface area (Å²) < 4.78 is 5.40. The van der Waals surface area contributed by atoms with Gasteiger partial charge in [0, 0.05) is 26.6 Å². The van der Waals surface area contributed by atoms with Gasteiger partial charge in [-0.3, -0.25) is 4.79 Å². The van der Waals surface area contributed by atoms with E-state index in [-0.39, 0.29) is 5.91 Å². The van der Waals surface area contributed by atoms with Crippen LogP contribution in [0.3, 0.4) is 0 Å². The predicted molar refractivity (Wildman–Crippen MR) is 77.5 cm³/mol. The molecule has 0 radical (unpaired) electrons. The van der Waals surface area contributed by atoms with Gasteiger partial charge in [0.25, 0.3) is 0 Å². The molecule has 1 aromatic carbocycles. The summed E-state index contributed by atoms with van der Waals surface area (Å²) in [7, 11) is 3.71. The van der Waals surface area contributed by atoms with E-state index in [1.807, 2.05) is 33.2 Å². The summed E-state index contributed by atoms with van der Waals surface area (Å²) in [4.78, 5) is 13.5. The molecule has 0 aliphatic carbocycles. The number of nitrogens with zero attached hydrogens (tertiary/aromatic N) is 1. The van der Waals surface area contributed by atoms with Gasteiger partial charge in [-0.05, 0) is 38.1 Å². The summed E-state index contributed by atoms with van der Waals surface area (Å²) >= 11 is 0. The fourth-order valence-electron chi connectivity index (χ4n) is 1.76. The molecule has 0 aromatic heterocycles. The van der Waals surface area contributed by atoms with Gasteiger partial charge in [-0.2, -0.15) is 0 Å². The molecule has 0 spiro atoms. The van der Waals surface area contributed by atoms with Crippen molar-refractivity contribution in [3.8, 4) is 5.75 Å². The normalized spacial score (nSPS) is 10.3. The molecule has 0 aliphatic heterocycles. The van der Waals surface area contributed by atoms with Crippen molar-refractivity contribution in [2.45, 2.75) is 19.8 Å². The summed E-state index contributed by atoms with van der Waals surface area (Å²) in [6, 6.07) is 8.05. The van der Waals surface area contributed by atoms with E-state index in [9.17, 15) is 4.79 Å². The third-order valence-corrected chi connectivity index (χ3v) is 2.98. The van der Waals surface area contributed by atoms with Crippen molar-refractivity contribution < 1.29 is 9.53 Å². The fourth-order valence-corrected chi connectivity index (χ4v) is 1.76. The number of hydrogen-bond donors (Lipinski definition) is 1. The second kappa shape index (κ2) is 8.53. The molecule has 4 heteroatoms. The standard InChI is InChI=1S/C15H24N2O2/c1-4-19-14-7-5-13(6-8-14)10-12-17(3)15(18)9-11-16-2/h5-8,16H,4,9-12H2,1-3H3. The maximum Gasteiger partial charge on any atom is 0.223 e. The first-order valence-electron chi connectivity index (χ1n) is 6.77. The zero-order chi connectivity index (χ0) is 14.1. The minimum Gasteiger partial charge on any atom is -0.494 e. The lowest BCUT2D eigenvalue weighted by molar-refractivity contribution is -0.129. The smallest absolute Gasteiger partial charge is 0.223 e. The van der Waals surface area contributed by atoms with E-state index in [4.69, 9.17) is 4.74 Å². The molecule has 0 saturated carbocycles. The summed E-state index contributed by atoms with van der Waals surface area (Å²) in [5.41, 5.74) is 1.22. The molecule has 1 N–H and O–H groups in total. The minimum atomic E-state index is 0.181. The molecular weight excluding hydrogens is 240 g/mol. The van der Waals surface area contributed by atoms with Crippen molar-refractivity contribution in [3.63, 3.8) is 0 Å². The Morgan fingerprint density at radius 2 is 2.00 bits per heavy atom. The van der Waals surface area contributed by atoms with Gasteiger partial charge in [0.1, 0.15) is 5.75 Å². The number of amides is 1. The molecule has 0 unspecified atom stereocenters. The molecule has 0 aliphatic rings. The molecule has 0 fully saturated rings. The summed E-state index contributed by atoms with van der Waals surface area (Å²) in [6.45, 7) is 4.13. The predicted octanol–water partition coefficient (Wildman–Crippen LogP) is 1.70. The fraction of sp³-hybridized carbons (Fsp3) is 0.533. The van der Waals surface area contributed by atoms with Gasteiger partial charge in [0.2, 0.25) is 5.91 Å². The monoisotopic (exact) mass is 264 g/mol. The van der Waals surface area contributed by atoms with Crippen LogP contribution in [0.15, 0.2) is 24.3 Å². The summed E-state index contributed by atoms with van der Waals surface area (Å²) in [5, 5.41) is 2.98. The number of likely N-dealkylation sites (N-methyl/N-ethyl adjacent to an activating group) is 1. The highest BCUT2D eigenvalue weighted by atomic mass is 16.5. The number of ether oxygens (including phenoxy) is 1. The van der Waals surface area contributed by atoms with Crippen molar-refractivity contribution in [2.24, 2.45) is 0 Å². The Balaban J connectivity index is 2.37. The van der Waals surface area contributed by atoms with E-state index in [2.05, 4.69) is 17.4 Å². The second-order valence-electron chi connectivity index (χ2n) is 4.50. The zero-order valence-electron chi connectivity index (χ0n) is 12.1. The van der Waals surface area contributed by atoms with Crippen molar-refractivity contribution in [1.82, 2.24) is 10.2 Å². The van der Waals surface area contributed by atoms with Crippen LogP contribution in [0.25, 0.3) is 0 Å². The molecule has 0 saturated heterocycles. The maximum absolute atomic E-state index is 11.7. The molecule has 19 heavy (non-hydrogen) atoms. The lowest BCUT2D eigenvalue weighted by Gasteiger charge is -2.17. The highest BCUT2D eigenvalue weighted by molar-refractivity contribution is 5.76. The van der Waals surface area contributed by atoms with Crippen LogP contribution in [-0.4, -0.2) is 44.6 Å². The van der Waals surface area contributed by atoms with Gasteiger partial charge in [-0.15, -0.1) is 0 Å². The van der Waals surface area contributed by atoms with Gasteiger partial charge in [-0.25, -0.2) is 0 Å². The Bertz CT molecular complexity index is 376. The lowest BCUT2D eigenvalue weighted by Crippen LogP contribution is -2.30. The molecule has 1 aromatic rings. The maximum atomic E-state index is 11.7. The Kier molecular flexibility index (Phi) is 6.97. The van der Waals surface area contributed by atoms with Crippen LogP contribution < -0.4 is 10.1 Å². The van der Waals surface area contributed by atoms with Crippen LogP contribution in [0.2, 0.25) is 0 Å². The molecule has 1 amide bonds. The van der Waals surface area contributed by atoms with Crippen molar-refractivity contribution in [2.75, 3.05) is 33.8 Å². The third-order valence-electron chi connectivity index (χ3n) is 2.98. The first-order valence-corrected chi connectivity index (χ1v) is 6.77. The molecule has 0 atom stereocenters. The number of rotatable bonds is 8. The van der Waals surface area contributed by atoms with E-state index in [1.165, 1.54) is 5.56 Å². The molecule has 106 valence electrons. The van der Waals surface area contributed by atoms with Crippen LogP contribution in [0.4, 0.5) is 0 Å². The van der Waals surface area contributed by atoms with Gasteiger partial charge in [0.05, 0.1) is 6.61 Å². The van der Waals surface area contributed by atoms with Gasteiger partial charge in [-0.1, -0.05) is 12.1 Å². The SMILES string of the molecule is CCOc1ccc(CCN(C)C(=O)CCNC)cc1. The largest absolute Gasteiger partial charge is 0.494 e. The average Bonchev–Trinajstić information content (AvgIpc) is 2.44. The number of hydrogen-bond acceptors (Lipinski definition) is 3. The topological polar surface area (TPSA) is 41.6 Å². The van der Waals surface area contributed by atoms with Gasteiger partial charge >= 0.3 is 0 Å². The first kappa shape index (κ1) is 15.5. The molecule has 0 bridgehead atoms. The van der Waals surface area contributed by atoms with Gasteiger partial charge < -0.3 is 15.0 Å². The molecular formula is C15H24N2O2. The summed E-state index contributed by atoms with van der Waals surface area (Å²) in [5.74, 6) is 1.07. The van der Waals surface area contributed by atoms with Crippen LogP contribution in [0, 0.1) is 0 Å². The number of nitrogens with one attached hydrogen (secondary N) is 1. The van der Waals surface area contributed by atoms with Crippen LogP contribution in [0.1, 0.15) is 18.9 Å². The van der Waals surface area contributed by atoms with Crippen molar-refractivity contribution in [1.29, 1.82) is 0 Å². The quantitative estimate of drug-likeness (QED) is 0.777. The number of benzene rings is 1. The molecule has 0 heterocycles. The molecule has 4 nitrogen and oxygen atoms in total. The lowest BCUT2D eigenvalue weighted by atomic mass is 10.1. The van der Waals surface area contributed by atoms with E-state index in [0.717, 1.165) is 25.3 Å². The number of carbonyl (C=O) groups excluding carboxylic acids is 1. The van der Waals surface area contributed by atoms with Crippen molar-refractivity contribution in [3.05, 3.63) is 29.8 Å². The highest BCUT2D eigenvalue weighted by Gasteiger charge is 2.07. The third kappa shape index (κ3) is 5.75. The average molecular weight is 264 g/mol. The van der Waals surface area contributed by atoms with E-state index in [0.29, 0.717) is 13.0 Å². The Hall–Kier alpha value is -1.55. The molecule has 1 rings (SSSR count). The van der Waals surface area contributed by atoms with Crippen molar-refractivity contribution >= 4 is 5.91 Å². The van der Waals surface area contributed by atoms with E-state index in [1.54, 1.807) is 4.90 Å². The Morgan fingerprint density at radius 3 is 2.58 bits per heavy atom. The summed E-state index contributed by atoms with van der Waals surface area (Å²) in [6.07, 6.45) is 1.42. The van der Waals surface area contributed by atoms with E-state index < -0.39 is 0 Å². The van der Waals surface area contributed by atoms with Crippen LogP contribution >= 0.6 is 0 Å². The van der Waals surface area contributed by atoms with Gasteiger partial charge in [0.15, 0.2) is 0 Å². The second-order valence-corrected chi connectivity index (χ2v) is 4.50. The van der Waals surface area contributed by atoms with Crippen LogP contribution in [0.5, 0.6) is 5.75 Å². The van der Waals surface area contributed by atoms with Crippen LogP contribution in [-0.2, 0) is 11.2 Å². The Morgan fingerprint density at radius 1 is 1.32 bits per heavy atom. The Labute approximate surface area is 115 Å². The first-order chi connectivity index (χ1) is 9.17. The zero-order valence-corrected chi connectivity index (χ0v) is 12.1. The number of carbonyl (C=O) groups is 1. The van der Waals surface area contributed by atoms with E-state index >= 15 is 0 Å². The highest BCUT2D eigenvalue weighted by Crippen LogP contribution is 2.12.